The molecule has 2 aliphatic rings. The maximum atomic E-state index is 14.8. The summed E-state index contributed by atoms with van der Waals surface area (Å²) in [6.07, 6.45) is 8.51. The lowest BCUT2D eigenvalue weighted by Gasteiger charge is -2.39. The summed E-state index contributed by atoms with van der Waals surface area (Å²) < 4.78 is 39.7. The van der Waals surface area contributed by atoms with E-state index in [1.165, 1.54) is 44.2 Å². The van der Waals surface area contributed by atoms with Gasteiger partial charge in [-0.05, 0) is 37.7 Å². The van der Waals surface area contributed by atoms with Gasteiger partial charge in [-0.1, -0.05) is 38.2 Å². The van der Waals surface area contributed by atoms with E-state index in [0.29, 0.717) is 62.1 Å². The first-order valence-electron chi connectivity index (χ1n) is 14.0. The molecule has 3 N–H and O–H groups in total. The minimum absolute atomic E-state index is 0.0640. The summed E-state index contributed by atoms with van der Waals surface area (Å²) in [5.74, 6) is -0.850. The van der Waals surface area contributed by atoms with Crippen molar-refractivity contribution in [3.05, 3.63) is 55.8 Å². The van der Waals surface area contributed by atoms with Gasteiger partial charge in [0.05, 0.1) is 6.10 Å². The van der Waals surface area contributed by atoms with Crippen LogP contribution in [0.2, 0.25) is 0 Å². The second-order valence-corrected chi connectivity index (χ2v) is 10.9. The van der Waals surface area contributed by atoms with Crippen molar-refractivity contribution >= 4 is 11.4 Å². The zero-order valence-electron chi connectivity index (χ0n) is 22.4. The number of piperidine rings is 1. The van der Waals surface area contributed by atoms with E-state index in [1.807, 2.05) is 4.90 Å². The Hall–Kier alpha value is -2.36. The van der Waals surface area contributed by atoms with Gasteiger partial charge in [0.25, 0.3) is 10.9 Å². The van der Waals surface area contributed by atoms with Gasteiger partial charge in [-0.25, -0.2) is 8.78 Å². The standard InChI is InChI=1S/C29H41F2N3O4/c1-37-13-6-14-38-29(23-11-10-21(30)16-24(23)31)20-9-5-12-34(18-20)26-25(27(35)28(26)36)33-22(17-32)15-19-7-3-2-4-8-19/h10-11,16,19-20,22,29,33H,2-9,12-15,17-18,32H2,1H3/t20?,22-,29?/m0/s1. The number of halogens is 2. The van der Waals surface area contributed by atoms with Crippen molar-refractivity contribution in [2.45, 2.75) is 69.9 Å². The Morgan fingerprint density at radius 1 is 1.08 bits per heavy atom. The van der Waals surface area contributed by atoms with E-state index >= 15 is 0 Å². The highest BCUT2D eigenvalue weighted by atomic mass is 19.1. The van der Waals surface area contributed by atoms with Crippen LogP contribution in [-0.2, 0) is 9.47 Å². The highest BCUT2D eigenvalue weighted by molar-refractivity contribution is 5.75. The van der Waals surface area contributed by atoms with Crippen LogP contribution >= 0.6 is 0 Å². The van der Waals surface area contributed by atoms with Crippen molar-refractivity contribution in [1.82, 2.24) is 0 Å². The van der Waals surface area contributed by atoms with E-state index in [4.69, 9.17) is 15.2 Å². The molecule has 1 heterocycles. The predicted molar refractivity (Wildman–Crippen MR) is 145 cm³/mol. The normalized spacial score (nSPS) is 20.5. The molecule has 0 radical (unpaired) electrons. The summed E-state index contributed by atoms with van der Waals surface area (Å²) >= 11 is 0. The third-order valence-corrected chi connectivity index (χ3v) is 8.12. The Balaban J connectivity index is 1.50. The maximum Gasteiger partial charge on any atom is 0.253 e. The van der Waals surface area contributed by atoms with E-state index < -0.39 is 28.6 Å². The van der Waals surface area contributed by atoms with Crippen LogP contribution in [0.5, 0.6) is 0 Å². The number of methoxy groups -OCH3 is 1. The van der Waals surface area contributed by atoms with Crippen molar-refractivity contribution in [2.75, 3.05) is 50.2 Å². The molecule has 1 aliphatic carbocycles. The molecule has 0 aromatic heterocycles. The van der Waals surface area contributed by atoms with E-state index in [1.54, 1.807) is 7.11 Å². The first-order valence-corrected chi connectivity index (χ1v) is 14.0. The van der Waals surface area contributed by atoms with Gasteiger partial charge < -0.3 is 25.4 Å². The SMILES string of the molecule is COCCCOC(c1ccc(F)cc1F)C1CCCN(c2c(N[C@H](CN)CC3CCCCC3)c(=O)c2=O)C1. The van der Waals surface area contributed by atoms with Crippen LogP contribution in [0.4, 0.5) is 20.2 Å². The summed E-state index contributed by atoms with van der Waals surface area (Å²) in [6, 6.07) is 3.49. The van der Waals surface area contributed by atoms with E-state index in [0.717, 1.165) is 25.3 Å². The first kappa shape index (κ1) is 28.6. The maximum absolute atomic E-state index is 14.8. The number of rotatable bonds is 13. The number of nitrogens with one attached hydrogen (secondary N) is 1. The number of anilines is 2. The molecule has 210 valence electrons. The van der Waals surface area contributed by atoms with Crippen LogP contribution in [0.1, 0.15) is 69.5 Å². The van der Waals surface area contributed by atoms with Gasteiger partial charge in [-0.15, -0.1) is 0 Å². The minimum Gasteiger partial charge on any atom is -0.385 e. The summed E-state index contributed by atoms with van der Waals surface area (Å²) in [5.41, 5.74) is 6.12. The van der Waals surface area contributed by atoms with Crippen molar-refractivity contribution < 1.29 is 18.3 Å². The van der Waals surface area contributed by atoms with Crippen LogP contribution in [0, 0.1) is 23.5 Å². The van der Waals surface area contributed by atoms with Gasteiger partial charge in [-0.3, -0.25) is 9.59 Å². The Morgan fingerprint density at radius 3 is 2.58 bits per heavy atom. The predicted octanol–water partition coefficient (Wildman–Crippen LogP) is 4.28. The highest BCUT2D eigenvalue weighted by Gasteiger charge is 2.35. The zero-order valence-corrected chi connectivity index (χ0v) is 22.4. The molecule has 1 aliphatic heterocycles. The average Bonchev–Trinajstić information content (AvgIpc) is 2.93. The molecule has 3 atom stereocenters. The Morgan fingerprint density at radius 2 is 1.87 bits per heavy atom. The number of hydrogen-bond donors (Lipinski definition) is 2. The molecule has 2 aromatic carbocycles. The summed E-state index contributed by atoms with van der Waals surface area (Å²) in [6.45, 7) is 2.31. The molecule has 0 amide bonds. The van der Waals surface area contributed by atoms with Crippen LogP contribution in [0.25, 0.3) is 0 Å². The fourth-order valence-corrected chi connectivity index (χ4v) is 6.14. The molecule has 0 bridgehead atoms. The lowest BCUT2D eigenvalue weighted by Crippen LogP contribution is -2.49. The van der Waals surface area contributed by atoms with Gasteiger partial charge in [-0.2, -0.15) is 0 Å². The minimum atomic E-state index is -0.649. The van der Waals surface area contributed by atoms with E-state index in [9.17, 15) is 18.4 Å². The topological polar surface area (TPSA) is 93.9 Å². The summed E-state index contributed by atoms with van der Waals surface area (Å²) in [4.78, 5) is 27.3. The number of nitrogens with two attached hydrogens (primary N) is 1. The third kappa shape index (κ3) is 6.79. The van der Waals surface area contributed by atoms with Crippen LogP contribution < -0.4 is 26.8 Å². The van der Waals surface area contributed by atoms with Gasteiger partial charge in [0.2, 0.25) is 0 Å². The second kappa shape index (κ2) is 13.6. The molecule has 2 unspecified atom stereocenters. The molecular weight excluding hydrogens is 492 g/mol. The largest absolute Gasteiger partial charge is 0.385 e. The summed E-state index contributed by atoms with van der Waals surface area (Å²) in [7, 11) is 1.61. The number of ether oxygens (including phenoxy) is 2. The highest BCUT2D eigenvalue weighted by Crippen LogP contribution is 2.37. The van der Waals surface area contributed by atoms with E-state index in [-0.39, 0.29) is 12.0 Å². The Bertz CT molecular complexity index is 1110. The molecule has 4 rings (SSSR count). The van der Waals surface area contributed by atoms with Crippen molar-refractivity contribution in [2.24, 2.45) is 17.6 Å². The van der Waals surface area contributed by atoms with Crippen LogP contribution in [0.15, 0.2) is 27.8 Å². The van der Waals surface area contributed by atoms with Crippen LogP contribution in [0.3, 0.4) is 0 Å². The van der Waals surface area contributed by atoms with Gasteiger partial charge in [0.1, 0.15) is 23.0 Å². The molecule has 1 saturated carbocycles. The average molecular weight is 534 g/mol. The quantitative estimate of drug-likeness (QED) is 0.293. The molecular formula is C29H41F2N3O4. The first-order chi connectivity index (χ1) is 18.4. The zero-order chi connectivity index (χ0) is 27.1. The third-order valence-electron chi connectivity index (χ3n) is 8.12. The number of benzene rings is 1. The summed E-state index contributed by atoms with van der Waals surface area (Å²) in [5, 5.41) is 3.31. The Kier molecular flexibility index (Phi) is 10.3. The van der Waals surface area contributed by atoms with Crippen molar-refractivity contribution in [3.8, 4) is 0 Å². The van der Waals surface area contributed by atoms with E-state index in [2.05, 4.69) is 5.32 Å². The molecule has 38 heavy (non-hydrogen) atoms. The second-order valence-electron chi connectivity index (χ2n) is 10.9. The Labute approximate surface area is 223 Å². The smallest absolute Gasteiger partial charge is 0.253 e. The molecule has 2 fully saturated rings. The molecule has 9 heteroatoms. The lowest BCUT2D eigenvalue weighted by atomic mass is 9.84. The fraction of sp³-hybridized carbons (Fsp3) is 0.655. The molecule has 7 nitrogen and oxygen atoms in total. The van der Waals surface area contributed by atoms with Gasteiger partial charge in [0, 0.05) is 63.5 Å². The monoisotopic (exact) mass is 533 g/mol. The van der Waals surface area contributed by atoms with Crippen molar-refractivity contribution in [3.63, 3.8) is 0 Å². The molecule has 1 saturated heterocycles. The van der Waals surface area contributed by atoms with Gasteiger partial charge in [0.15, 0.2) is 0 Å². The van der Waals surface area contributed by atoms with Crippen molar-refractivity contribution in [1.29, 1.82) is 0 Å². The lowest BCUT2D eigenvalue weighted by molar-refractivity contribution is -0.00438. The van der Waals surface area contributed by atoms with Gasteiger partial charge >= 0.3 is 0 Å². The van der Waals surface area contributed by atoms with Crippen LogP contribution in [-0.4, -0.2) is 46.0 Å². The molecule has 2 aromatic rings. The molecule has 0 spiro atoms. The fourth-order valence-electron chi connectivity index (χ4n) is 6.14. The number of nitrogens with zero attached hydrogens (tertiary/aromatic N) is 1. The number of hydrogen-bond acceptors (Lipinski definition) is 7.